The number of benzene rings is 2. The van der Waals surface area contributed by atoms with E-state index >= 15 is 0 Å². The molecule has 2 aromatic carbocycles. The zero-order valence-electron chi connectivity index (χ0n) is 19.4. The molecule has 4 rings (SSSR count). The van der Waals surface area contributed by atoms with Gasteiger partial charge in [-0.3, -0.25) is 9.59 Å². The molecule has 2 aromatic rings. The molecule has 2 atom stereocenters. The zero-order chi connectivity index (χ0) is 23.4. The summed E-state index contributed by atoms with van der Waals surface area (Å²) in [6, 6.07) is 20.1. The van der Waals surface area contributed by atoms with Crippen LogP contribution in [-0.4, -0.2) is 65.0 Å². The van der Waals surface area contributed by atoms with Gasteiger partial charge in [0.2, 0.25) is 11.8 Å². The number of carbonyl (C=O) groups excluding carboxylic acids is 2. The summed E-state index contributed by atoms with van der Waals surface area (Å²) in [6.45, 7) is 5.68. The van der Waals surface area contributed by atoms with Gasteiger partial charge in [-0.2, -0.15) is 0 Å². The molecule has 2 aliphatic rings. The SMILES string of the molecule is C#CCN1CC(=O)N2[C@H](CN(CC(c3ccccc3)c3ccccc3)C(=O)[C@@H]2CC(C)C)N1. The van der Waals surface area contributed by atoms with Crippen molar-refractivity contribution in [2.45, 2.75) is 38.4 Å². The minimum absolute atomic E-state index is 0.0253. The van der Waals surface area contributed by atoms with Crippen LogP contribution in [0, 0.1) is 18.3 Å². The van der Waals surface area contributed by atoms with Gasteiger partial charge in [-0.15, -0.1) is 6.42 Å². The van der Waals surface area contributed by atoms with Crippen molar-refractivity contribution in [3.8, 4) is 12.3 Å². The van der Waals surface area contributed by atoms with Crippen molar-refractivity contribution in [3.05, 3.63) is 71.8 Å². The maximum Gasteiger partial charge on any atom is 0.245 e. The summed E-state index contributed by atoms with van der Waals surface area (Å²) in [5, 5.41) is 1.77. The summed E-state index contributed by atoms with van der Waals surface area (Å²) < 4.78 is 0. The first kappa shape index (κ1) is 23.0. The third-order valence-corrected chi connectivity index (χ3v) is 6.39. The van der Waals surface area contributed by atoms with Crippen LogP contribution in [0.5, 0.6) is 0 Å². The lowest BCUT2D eigenvalue weighted by Gasteiger charge is -2.51. The second-order valence-corrected chi connectivity index (χ2v) is 9.27. The van der Waals surface area contributed by atoms with Gasteiger partial charge in [-0.1, -0.05) is 80.4 Å². The van der Waals surface area contributed by atoms with Gasteiger partial charge in [-0.25, -0.2) is 10.4 Å². The largest absolute Gasteiger partial charge is 0.336 e. The van der Waals surface area contributed by atoms with Gasteiger partial charge < -0.3 is 9.80 Å². The molecule has 2 saturated heterocycles. The lowest BCUT2D eigenvalue weighted by molar-refractivity contribution is -0.168. The van der Waals surface area contributed by atoms with E-state index in [2.05, 4.69) is 49.5 Å². The molecule has 0 saturated carbocycles. The normalized spacial score (nSPS) is 21.4. The van der Waals surface area contributed by atoms with Crippen LogP contribution in [0.15, 0.2) is 60.7 Å². The van der Waals surface area contributed by atoms with Crippen LogP contribution in [0.1, 0.15) is 37.3 Å². The fourth-order valence-electron chi connectivity index (χ4n) is 4.92. The molecule has 6 nitrogen and oxygen atoms in total. The molecule has 0 aliphatic carbocycles. The minimum atomic E-state index is -0.469. The van der Waals surface area contributed by atoms with Crippen molar-refractivity contribution < 1.29 is 9.59 Å². The van der Waals surface area contributed by atoms with E-state index < -0.39 is 6.04 Å². The van der Waals surface area contributed by atoms with Gasteiger partial charge in [0, 0.05) is 12.5 Å². The summed E-state index contributed by atoms with van der Waals surface area (Å²) in [5.74, 6) is 2.92. The molecule has 0 radical (unpaired) electrons. The Morgan fingerprint density at radius 1 is 1.03 bits per heavy atom. The molecule has 2 amide bonds. The van der Waals surface area contributed by atoms with Crippen LogP contribution in [0.25, 0.3) is 0 Å². The van der Waals surface area contributed by atoms with Gasteiger partial charge in [0.1, 0.15) is 12.2 Å². The number of nitrogens with zero attached hydrogens (tertiary/aromatic N) is 3. The summed E-state index contributed by atoms with van der Waals surface area (Å²) in [4.78, 5) is 30.4. The van der Waals surface area contributed by atoms with Crippen molar-refractivity contribution in [1.29, 1.82) is 0 Å². The van der Waals surface area contributed by atoms with Crippen LogP contribution < -0.4 is 5.43 Å². The Balaban J connectivity index is 1.65. The van der Waals surface area contributed by atoms with Crippen molar-refractivity contribution in [2.24, 2.45) is 5.92 Å². The van der Waals surface area contributed by atoms with Gasteiger partial charge in [-0.05, 0) is 23.5 Å². The highest BCUT2D eigenvalue weighted by Crippen LogP contribution is 2.30. The highest BCUT2D eigenvalue weighted by Gasteiger charge is 2.46. The summed E-state index contributed by atoms with van der Waals surface area (Å²) in [7, 11) is 0. The standard InChI is InChI=1S/C27H32N4O2/c1-4-15-30-19-26(32)31-24(16-20(2)3)27(33)29(18-25(31)28-30)17-23(21-11-7-5-8-12-21)22-13-9-6-10-14-22/h1,5-14,20,23-25,28H,15-19H2,2-3H3/t24-,25+/m0/s1. The van der Waals surface area contributed by atoms with Crippen molar-refractivity contribution >= 4 is 11.8 Å². The first-order valence-corrected chi connectivity index (χ1v) is 11.6. The van der Waals surface area contributed by atoms with E-state index in [0.29, 0.717) is 26.1 Å². The molecule has 0 spiro atoms. The fourth-order valence-corrected chi connectivity index (χ4v) is 4.92. The lowest BCUT2D eigenvalue weighted by Crippen LogP contribution is -2.74. The maximum atomic E-state index is 13.7. The predicted octanol–water partition coefficient (Wildman–Crippen LogP) is 2.68. The Bertz CT molecular complexity index is 962. The number of carbonyl (C=O) groups is 2. The van der Waals surface area contributed by atoms with Crippen molar-refractivity contribution in [2.75, 3.05) is 26.2 Å². The van der Waals surface area contributed by atoms with Gasteiger partial charge in [0.25, 0.3) is 0 Å². The number of nitrogens with one attached hydrogen (secondary N) is 1. The Morgan fingerprint density at radius 2 is 1.64 bits per heavy atom. The minimum Gasteiger partial charge on any atom is -0.336 e. The number of rotatable bonds is 7. The second kappa shape index (κ2) is 10.2. The quantitative estimate of drug-likeness (QED) is 0.668. The third-order valence-electron chi connectivity index (χ3n) is 6.39. The Kier molecular flexibility index (Phi) is 7.12. The smallest absolute Gasteiger partial charge is 0.245 e. The number of hydrazine groups is 1. The summed E-state index contributed by atoms with van der Waals surface area (Å²) in [6.07, 6.45) is 5.84. The average Bonchev–Trinajstić information content (AvgIpc) is 2.81. The first-order valence-electron chi connectivity index (χ1n) is 11.6. The first-order chi connectivity index (χ1) is 16.0. The molecular weight excluding hydrogens is 412 g/mol. The lowest BCUT2D eigenvalue weighted by atomic mass is 9.89. The van der Waals surface area contributed by atoms with E-state index in [4.69, 9.17) is 6.42 Å². The number of fused-ring (bicyclic) bond motifs is 1. The Hall–Kier alpha value is -3.14. The molecule has 0 aromatic heterocycles. The topological polar surface area (TPSA) is 55.9 Å². The molecule has 0 bridgehead atoms. The second-order valence-electron chi connectivity index (χ2n) is 9.27. The summed E-state index contributed by atoms with van der Waals surface area (Å²) in [5.41, 5.74) is 5.73. The summed E-state index contributed by atoms with van der Waals surface area (Å²) >= 11 is 0. The number of terminal acetylenes is 1. The van der Waals surface area contributed by atoms with Crippen molar-refractivity contribution in [1.82, 2.24) is 20.2 Å². The van der Waals surface area contributed by atoms with Gasteiger partial charge in [0.05, 0.1) is 19.6 Å². The molecular formula is C27H32N4O2. The average molecular weight is 445 g/mol. The molecule has 33 heavy (non-hydrogen) atoms. The molecule has 2 heterocycles. The van der Waals surface area contributed by atoms with E-state index in [0.717, 1.165) is 0 Å². The van der Waals surface area contributed by atoms with E-state index in [1.54, 1.807) is 9.91 Å². The monoisotopic (exact) mass is 444 g/mol. The van der Waals surface area contributed by atoms with Crippen molar-refractivity contribution in [3.63, 3.8) is 0 Å². The van der Waals surface area contributed by atoms with Gasteiger partial charge >= 0.3 is 0 Å². The number of amides is 2. The molecule has 0 unspecified atom stereocenters. The van der Waals surface area contributed by atoms with Crippen LogP contribution in [0.2, 0.25) is 0 Å². The van der Waals surface area contributed by atoms with E-state index in [-0.39, 0.29) is 36.4 Å². The molecule has 2 fully saturated rings. The number of piperazine rings is 1. The van der Waals surface area contributed by atoms with Crippen LogP contribution >= 0.6 is 0 Å². The maximum absolute atomic E-state index is 13.7. The van der Waals surface area contributed by atoms with E-state index in [1.807, 2.05) is 41.3 Å². The fraction of sp³-hybridized carbons (Fsp3) is 0.407. The number of hydrogen-bond acceptors (Lipinski definition) is 4. The Morgan fingerprint density at radius 3 is 2.18 bits per heavy atom. The molecule has 6 heteroatoms. The molecule has 172 valence electrons. The highest BCUT2D eigenvalue weighted by molar-refractivity contribution is 5.90. The third kappa shape index (κ3) is 5.11. The van der Waals surface area contributed by atoms with Crippen LogP contribution in [-0.2, 0) is 9.59 Å². The van der Waals surface area contributed by atoms with Crippen LogP contribution in [0.4, 0.5) is 0 Å². The molecule has 2 aliphatic heterocycles. The zero-order valence-corrected chi connectivity index (χ0v) is 19.4. The van der Waals surface area contributed by atoms with Crippen LogP contribution in [0.3, 0.4) is 0 Å². The van der Waals surface area contributed by atoms with Gasteiger partial charge in [0.15, 0.2) is 0 Å². The number of hydrogen-bond donors (Lipinski definition) is 1. The molecule has 1 N–H and O–H groups in total. The van der Waals surface area contributed by atoms with E-state index in [9.17, 15) is 9.59 Å². The van der Waals surface area contributed by atoms with E-state index in [1.165, 1.54) is 11.1 Å². The predicted molar refractivity (Wildman–Crippen MR) is 129 cm³/mol. The highest BCUT2D eigenvalue weighted by atomic mass is 16.2. The Labute approximate surface area is 196 Å².